The van der Waals surface area contributed by atoms with Gasteiger partial charge in [0.05, 0.1) is 13.2 Å². The zero-order valence-electron chi connectivity index (χ0n) is 25.7. The number of hydrogen-bond acceptors (Lipinski definition) is 7. The van der Waals surface area contributed by atoms with E-state index in [1.54, 1.807) is 23.2 Å². The maximum Gasteiger partial charge on any atom is 0.337 e. The molecule has 0 bridgehead atoms. The Balaban J connectivity index is 0.00000529. The number of methoxy groups -OCH3 is 1. The van der Waals surface area contributed by atoms with Gasteiger partial charge in [-0.1, -0.05) is 56.3 Å². The number of nitrogens with one attached hydrogen (secondary N) is 3. The fourth-order valence-electron chi connectivity index (χ4n) is 4.94. The fourth-order valence-corrected chi connectivity index (χ4v) is 4.94. The van der Waals surface area contributed by atoms with Crippen LogP contribution < -0.4 is 20.8 Å². The van der Waals surface area contributed by atoms with Gasteiger partial charge >= 0.3 is 6.03 Å². The predicted octanol–water partition coefficient (Wildman–Crippen LogP) is 4.07. The largest absolute Gasteiger partial charge is 0.493 e. The fraction of sp³-hybridized carbons (Fsp3) is 0.438. The summed E-state index contributed by atoms with van der Waals surface area (Å²) in [6.45, 7) is 6.83. The number of ether oxygens (including phenoxy) is 1. The molecule has 0 spiro atoms. The maximum absolute atomic E-state index is 13.6. The van der Waals surface area contributed by atoms with Crippen LogP contribution in [-0.4, -0.2) is 86.3 Å². The summed E-state index contributed by atoms with van der Waals surface area (Å²) in [6, 6.07) is 15.4. The van der Waals surface area contributed by atoms with Crippen LogP contribution in [0.1, 0.15) is 42.8 Å². The molecule has 0 radical (unpaired) electrons. The molecular formula is C32H43ClN6O5. The van der Waals surface area contributed by atoms with Gasteiger partial charge in [-0.25, -0.2) is 10.2 Å². The third kappa shape index (κ3) is 9.72. The molecule has 3 aromatic rings. The van der Waals surface area contributed by atoms with Crippen LogP contribution in [0.2, 0.25) is 0 Å². The number of aryl methyl sites for hydroxylation is 1. The number of furan rings is 1. The second kappa shape index (κ2) is 16.7. The first-order valence-electron chi connectivity index (χ1n) is 14.7. The topological polar surface area (TPSA) is 129 Å². The quantitative estimate of drug-likeness (QED) is 0.205. The highest BCUT2D eigenvalue weighted by molar-refractivity contribution is 5.99. The minimum Gasteiger partial charge on any atom is -0.493 e. The zero-order valence-corrected chi connectivity index (χ0v) is 26.6. The van der Waals surface area contributed by atoms with Crippen LogP contribution in [0.5, 0.6) is 5.75 Å². The Labute approximate surface area is 264 Å². The smallest absolute Gasteiger partial charge is 0.337 e. The summed E-state index contributed by atoms with van der Waals surface area (Å²) >= 11 is 0. The van der Waals surface area contributed by atoms with E-state index in [9.17, 15) is 14.4 Å². The average molecular weight is 627 g/mol. The number of rotatable bonds is 12. The molecule has 1 aliphatic heterocycles. The van der Waals surface area contributed by atoms with Crippen LogP contribution in [-0.2, 0) is 11.2 Å². The molecule has 2 aromatic carbocycles. The number of benzene rings is 2. The molecule has 0 saturated carbocycles. The van der Waals surface area contributed by atoms with Crippen molar-refractivity contribution in [2.24, 2.45) is 11.0 Å². The number of carbonyl (C=O) groups excluding carboxylic acids is 3. The number of amides is 4. The van der Waals surface area contributed by atoms with Crippen LogP contribution in [0.25, 0.3) is 11.0 Å². The highest BCUT2D eigenvalue weighted by Crippen LogP contribution is 2.28. The third-order valence-corrected chi connectivity index (χ3v) is 7.40. The van der Waals surface area contributed by atoms with Crippen molar-refractivity contribution < 1.29 is 23.5 Å². The van der Waals surface area contributed by atoms with Gasteiger partial charge < -0.3 is 29.6 Å². The van der Waals surface area contributed by atoms with Crippen molar-refractivity contribution in [1.29, 1.82) is 0 Å². The number of halogens is 1. The molecular weight excluding hydrogens is 584 g/mol. The summed E-state index contributed by atoms with van der Waals surface area (Å²) in [6.07, 6.45) is 3.21. The molecule has 0 aliphatic carbocycles. The third-order valence-electron chi connectivity index (χ3n) is 7.40. The van der Waals surface area contributed by atoms with Gasteiger partial charge in [-0.2, -0.15) is 5.10 Å². The minimum atomic E-state index is -0.810. The Kier molecular flexibility index (Phi) is 13.0. The molecule has 4 amide bonds. The molecule has 1 fully saturated rings. The van der Waals surface area contributed by atoms with Crippen molar-refractivity contribution in [2.75, 3.05) is 40.3 Å². The first-order chi connectivity index (χ1) is 20.7. The Bertz CT molecular complexity index is 1400. The molecule has 2 atom stereocenters. The molecule has 11 nitrogen and oxygen atoms in total. The number of carbonyl (C=O) groups is 3. The Morgan fingerprint density at radius 1 is 1.02 bits per heavy atom. The molecule has 4 rings (SSSR count). The van der Waals surface area contributed by atoms with E-state index in [1.165, 1.54) is 7.11 Å². The van der Waals surface area contributed by atoms with Gasteiger partial charge in [-0.05, 0) is 49.9 Å². The number of nitrogens with zero attached hydrogens (tertiary/aromatic N) is 3. The van der Waals surface area contributed by atoms with Crippen molar-refractivity contribution in [3.8, 4) is 5.75 Å². The van der Waals surface area contributed by atoms with Gasteiger partial charge in [0.25, 0.3) is 5.91 Å². The molecule has 1 aromatic heterocycles. The Hall–Kier alpha value is -4.09. The zero-order chi connectivity index (χ0) is 30.8. The second-order valence-electron chi connectivity index (χ2n) is 11.3. The van der Waals surface area contributed by atoms with E-state index in [2.05, 4.69) is 26.1 Å². The number of hydrogen-bond donors (Lipinski definition) is 3. The van der Waals surface area contributed by atoms with Crippen molar-refractivity contribution >= 4 is 47.4 Å². The lowest BCUT2D eigenvalue weighted by atomic mass is 10.0. The number of likely N-dealkylation sites (N-methyl/N-ethyl adjacent to an activating group) is 1. The standard InChI is InChI=1S/C32H42N6O5.ClH/c1-22(2)19-26(35-31(40)28-20-24-11-8-12-27(42-4)29(24)43-28)30(39)34-25(14-13-23-9-6-5-7-10-23)21-33-36-32(41)38-17-15-37(3)16-18-38;/h5-12,20-22,25-26H,13-19H2,1-4H3,(H,34,39)(H,35,40)(H,36,41);1H/b33-21+;/t25-,26-;/m0./s1. The van der Waals surface area contributed by atoms with E-state index < -0.39 is 18.0 Å². The predicted molar refractivity (Wildman–Crippen MR) is 174 cm³/mol. The molecule has 0 unspecified atom stereocenters. The highest BCUT2D eigenvalue weighted by atomic mass is 35.5. The maximum atomic E-state index is 13.6. The first-order valence-corrected chi connectivity index (χ1v) is 14.7. The van der Waals surface area contributed by atoms with Gasteiger partial charge in [0, 0.05) is 37.8 Å². The number of fused-ring (bicyclic) bond motifs is 1. The molecule has 2 heterocycles. The van der Waals surface area contributed by atoms with Crippen LogP contribution in [0.3, 0.4) is 0 Å². The second-order valence-corrected chi connectivity index (χ2v) is 11.3. The van der Waals surface area contributed by atoms with E-state index in [0.29, 0.717) is 43.7 Å². The monoisotopic (exact) mass is 626 g/mol. The van der Waals surface area contributed by atoms with E-state index in [4.69, 9.17) is 9.15 Å². The molecule has 1 aliphatic rings. The van der Waals surface area contributed by atoms with Gasteiger partial charge in [0.2, 0.25) is 5.91 Å². The number of urea groups is 1. The lowest BCUT2D eigenvalue weighted by molar-refractivity contribution is -0.123. The normalized spacial score (nSPS) is 15.1. The molecule has 238 valence electrons. The van der Waals surface area contributed by atoms with Gasteiger partial charge in [-0.3, -0.25) is 9.59 Å². The van der Waals surface area contributed by atoms with Crippen molar-refractivity contribution in [3.05, 3.63) is 65.9 Å². The summed E-state index contributed by atoms with van der Waals surface area (Å²) < 4.78 is 11.1. The first kappa shape index (κ1) is 34.4. The highest BCUT2D eigenvalue weighted by Gasteiger charge is 2.26. The lowest BCUT2D eigenvalue weighted by Crippen LogP contribution is -2.51. The summed E-state index contributed by atoms with van der Waals surface area (Å²) in [4.78, 5) is 43.3. The molecule has 1 saturated heterocycles. The summed E-state index contributed by atoms with van der Waals surface area (Å²) in [5.74, 6) is -0.0899. The summed E-state index contributed by atoms with van der Waals surface area (Å²) in [7, 11) is 3.56. The Morgan fingerprint density at radius 3 is 2.43 bits per heavy atom. The lowest BCUT2D eigenvalue weighted by Gasteiger charge is -2.31. The van der Waals surface area contributed by atoms with Crippen LogP contribution in [0.4, 0.5) is 4.79 Å². The van der Waals surface area contributed by atoms with Crippen molar-refractivity contribution in [2.45, 2.75) is 45.2 Å². The van der Waals surface area contributed by atoms with Gasteiger partial charge in [-0.15, -0.1) is 12.4 Å². The van der Waals surface area contributed by atoms with Crippen LogP contribution >= 0.6 is 12.4 Å². The van der Waals surface area contributed by atoms with E-state index >= 15 is 0 Å². The van der Waals surface area contributed by atoms with Gasteiger partial charge in [0.1, 0.15) is 6.04 Å². The molecule has 3 N–H and O–H groups in total. The van der Waals surface area contributed by atoms with Crippen molar-refractivity contribution in [1.82, 2.24) is 25.9 Å². The average Bonchev–Trinajstić information content (AvgIpc) is 3.45. The molecule has 44 heavy (non-hydrogen) atoms. The molecule has 12 heteroatoms. The summed E-state index contributed by atoms with van der Waals surface area (Å²) in [5, 5.41) is 10.8. The number of hydrazone groups is 1. The Morgan fingerprint density at radius 2 is 1.75 bits per heavy atom. The van der Waals surface area contributed by atoms with Gasteiger partial charge in [0.15, 0.2) is 17.1 Å². The minimum absolute atomic E-state index is 0. The van der Waals surface area contributed by atoms with Crippen LogP contribution in [0.15, 0.2) is 64.1 Å². The summed E-state index contributed by atoms with van der Waals surface area (Å²) in [5.41, 5.74) is 4.18. The van der Waals surface area contributed by atoms with Crippen LogP contribution in [0, 0.1) is 5.92 Å². The van der Waals surface area contributed by atoms with E-state index in [1.807, 2.05) is 63.4 Å². The van der Waals surface area contributed by atoms with E-state index in [-0.39, 0.29) is 36.0 Å². The number of para-hydroxylation sites is 1. The number of piperazine rings is 1. The van der Waals surface area contributed by atoms with E-state index in [0.717, 1.165) is 24.0 Å². The SMILES string of the molecule is COc1cccc2cc(C(=O)N[C@@H](CC(C)C)C(=O)N[C@H](/C=N/NC(=O)N3CCN(C)CC3)CCc3ccccc3)oc12.Cl. The van der Waals surface area contributed by atoms with Crippen molar-refractivity contribution in [3.63, 3.8) is 0 Å².